The van der Waals surface area contributed by atoms with Crippen molar-refractivity contribution in [1.82, 2.24) is 14.3 Å². The first-order chi connectivity index (χ1) is 16.7. The van der Waals surface area contributed by atoms with Gasteiger partial charge in [-0.05, 0) is 64.4 Å². The predicted octanol–water partition coefficient (Wildman–Crippen LogP) is 4.36. The smallest absolute Gasteiger partial charge is 0.328 e. The third kappa shape index (κ3) is 6.09. The van der Waals surface area contributed by atoms with E-state index in [4.69, 9.17) is 0 Å². The summed E-state index contributed by atoms with van der Waals surface area (Å²) in [4.78, 5) is 30.4. The molecule has 1 aromatic carbocycles. The van der Waals surface area contributed by atoms with Gasteiger partial charge in [-0.3, -0.25) is 14.0 Å². The van der Waals surface area contributed by atoms with Crippen molar-refractivity contribution in [3.63, 3.8) is 0 Å². The molecule has 2 heterocycles. The second-order valence-corrected chi connectivity index (χ2v) is 9.01. The fraction of sp³-hybridized carbons (Fsp3) is 0.348. The highest BCUT2D eigenvalue weighted by atomic mass is 79.9. The number of fused-ring (bicyclic) bond motifs is 1. The maximum absolute atomic E-state index is 13.7. The van der Waals surface area contributed by atoms with Gasteiger partial charge in [0.25, 0.3) is 5.56 Å². The summed E-state index contributed by atoms with van der Waals surface area (Å²) in [7, 11) is 0. The minimum absolute atomic E-state index is 0.0712. The molecule has 0 aliphatic heterocycles. The van der Waals surface area contributed by atoms with E-state index in [9.17, 15) is 37.6 Å². The van der Waals surface area contributed by atoms with Gasteiger partial charge in [-0.1, -0.05) is 12.1 Å². The Morgan fingerprint density at radius 2 is 1.94 bits per heavy atom. The molecule has 0 saturated heterocycles. The van der Waals surface area contributed by atoms with Gasteiger partial charge in [0.05, 0.1) is 30.3 Å². The lowest BCUT2D eigenvalue weighted by atomic mass is 10.1. The summed E-state index contributed by atoms with van der Waals surface area (Å²) in [5.74, 6) is -2.14. The molecule has 0 saturated carbocycles. The highest BCUT2D eigenvalue weighted by molar-refractivity contribution is 9.10. The van der Waals surface area contributed by atoms with Crippen LogP contribution in [0.15, 0.2) is 51.9 Å². The van der Waals surface area contributed by atoms with Gasteiger partial charge in [-0.2, -0.15) is 23.6 Å². The summed E-state index contributed by atoms with van der Waals surface area (Å²) in [5.41, 5.74) is -1.53. The number of hydrogen-bond donors (Lipinski definition) is 2. The summed E-state index contributed by atoms with van der Waals surface area (Å²) in [6.07, 6.45) is -3.95. The number of hydrogen-bond acceptors (Lipinski definition) is 5. The lowest BCUT2D eigenvalue weighted by Crippen LogP contribution is -2.48. The van der Waals surface area contributed by atoms with E-state index < -0.39 is 46.3 Å². The van der Waals surface area contributed by atoms with Crippen LogP contribution in [0.25, 0.3) is 5.65 Å². The molecule has 0 fully saturated rings. The van der Waals surface area contributed by atoms with Gasteiger partial charge in [0.15, 0.2) is 6.54 Å². The number of hydroxylamine groups is 4. The van der Waals surface area contributed by atoms with Gasteiger partial charge in [0.2, 0.25) is 5.91 Å². The Morgan fingerprint density at radius 1 is 1.25 bits per heavy atom. The normalized spacial score (nSPS) is 13.1. The number of nitrogens with zero attached hydrogens (tertiary/aromatic N) is 4. The molecule has 2 aromatic heterocycles. The van der Waals surface area contributed by atoms with E-state index in [1.165, 1.54) is 22.4 Å². The molecule has 0 aliphatic carbocycles. The van der Waals surface area contributed by atoms with Crippen LogP contribution in [0.3, 0.4) is 0 Å². The van der Waals surface area contributed by atoms with E-state index in [2.05, 4.69) is 20.9 Å². The van der Waals surface area contributed by atoms with Crippen molar-refractivity contribution in [3.05, 3.63) is 80.1 Å². The van der Waals surface area contributed by atoms with E-state index in [-0.39, 0.29) is 35.4 Å². The fourth-order valence-corrected chi connectivity index (χ4v) is 4.26. The lowest BCUT2D eigenvalue weighted by molar-refractivity contribution is -1.24. The van der Waals surface area contributed by atoms with Crippen molar-refractivity contribution in [2.75, 3.05) is 19.6 Å². The van der Waals surface area contributed by atoms with Crippen LogP contribution in [-0.4, -0.2) is 55.1 Å². The first kappa shape index (κ1) is 27.7. The number of rotatable bonds is 8. The third-order valence-electron chi connectivity index (χ3n) is 5.79. The summed E-state index contributed by atoms with van der Waals surface area (Å²) in [5, 5.41) is 20.0. The highest BCUT2D eigenvalue weighted by Gasteiger charge is 2.35. The molecule has 0 aliphatic rings. The van der Waals surface area contributed by atoms with Crippen LogP contribution in [0.4, 0.5) is 17.6 Å². The molecular weight excluding hydrogens is 552 g/mol. The molecule has 3 rings (SSSR count). The second kappa shape index (κ2) is 10.6. The van der Waals surface area contributed by atoms with Crippen molar-refractivity contribution >= 4 is 27.5 Å². The molecule has 0 radical (unpaired) electrons. The second-order valence-electron chi connectivity index (χ2n) is 8.22. The molecule has 0 bridgehead atoms. The minimum Gasteiger partial charge on any atom is -0.328 e. The summed E-state index contributed by atoms with van der Waals surface area (Å²) in [6.45, 7) is 2.42. The van der Waals surface area contributed by atoms with Crippen LogP contribution in [0.2, 0.25) is 0 Å². The third-order valence-corrected chi connectivity index (χ3v) is 6.53. The molecule has 13 heteroatoms. The van der Waals surface area contributed by atoms with Crippen LogP contribution in [0.1, 0.15) is 36.7 Å². The number of carbonyl (C=O) groups is 1. The average Bonchev–Trinajstić information content (AvgIpc) is 2.81. The number of amides is 1. The van der Waals surface area contributed by atoms with Crippen molar-refractivity contribution in [2.45, 2.75) is 32.5 Å². The Hall–Kier alpha value is -2.87. The molecule has 36 heavy (non-hydrogen) atoms. The first-order valence-corrected chi connectivity index (χ1v) is 11.7. The summed E-state index contributed by atoms with van der Waals surface area (Å²) in [6, 6.07) is 6.30. The van der Waals surface area contributed by atoms with Gasteiger partial charge >= 0.3 is 6.18 Å². The van der Waals surface area contributed by atoms with Gasteiger partial charge < -0.3 is 4.90 Å². The SMILES string of the molecule is CC[N+](O)(O)CCN(C(=O)Cc1ccc(F)c(C(F)(F)F)c1)C(C)c1nc2ccccn2c(=O)c1Br. The maximum Gasteiger partial charge on any atom is 0.419 e. The standard InChI is InChI=1S/C23H24BrF4N4O4/c1-3-32(35,36)11-10-30(19(33)13-15-7-8-17(25)16(12-15)23(26,27)28)14(2)21-20(24)22(34)31-9-5-4-6-18(31)29-21/h4-9,12,14,35-36H,3,10-11,13H2,1-2H3/q+1. The number of benzene rings is 1. The molecule has 194 valence electrons. The van der Waals surface area contributed by atoms with E-state index in [0.29, 0.717) is 17.8 Å². The van der Waals surface area contributed by atoms with Crippen LogP contribution in [0.5, 0.6) is 0 Å². The van der Waals surface area contributed by atoms with Crippen LogP contribution >= 0.6 is 15.9 Å². The summed E-state index contributed by atoms with van der Waals surface area (Å²) < 4.78 is 54.5. The molecule has 1 amide bonds. The molecule has 8 nitrogen and oxygen atoms in total. The van der Waals surface area contributed by atoms with E-state index in [1.54, 1.807) is 25.1 Å². The number of pyridine rings is 1. The molecule has 2 N–H and O–H groups in total. The fourth-order valence-electron chi connectivity index (χ4n) is 3.65. The van der Waals surface area contributed by atoms with Gasteiger partial charge in [-0.25, -0.2) is 9.37 Å². The van der Waals surface area contributed by atoms with Crippen LogP contribution in [0, 0.1) is 5.82 Å². The van der Waals surface area contributed by atoms with Crippen molar-refractivity contribution in [2.24, 2.45) is 0 Å². The Bertz CT molecular complexity index is 1330. The van der Waals surface area contributed by atoms with Crippen molar-refractivity contribution in [3.8, 4) is 0 Å². The van der Waals surface area contributed by atoms with Gasteiger partial charge in [0.1, 0.15) is 22.5 Å². The number of alkyl halides is 3. The monoisotopic (exact) mass is 575 g/mol. The first-order valence-electron chi connectivity index (χ1n) is 10.9. The number of quaternary nitrogens is 1. The zero-order chi connectivity index (χ0) is 26.8. The molecule has 3 aromatic rings. The predicted molar refractivity (Wildman–Crippen MR) is 124 cm³/mol. The lowest BCUT2D eigenvalue weighted by Gasteiger charge is -2.31. The number of carbonyl (C=O) groups excluding carboxylic acids is 1. The van der Waals surface area contributed by atoms with E-state index >= 15 is 0 Å². The van der Waals surface area contributed by atoms with Gasteiger partial charge in [0, 0.05) is 6.20 Å². The highest BCUT2D eigenvalue weighted by Crippen LogP contribution is 2.32. The number of likely N-dealkylation sites (N-methyl/N-ethyl adjacent to an activating group) is 1. The van der Waals surface area contributed by atoms with Crippen molar-refractivity contribution in [1.29, 1.82) is 0 Å². The zero-order valence-corrected chi connectivity index (χ0v) is 20.9. The molecule has 1 atom stereocenters. The molecular formula is C23H24BrF4N4O4+. The maximum atomic E-state index is 13.7. The number of aromatic nitrogens is 2. The topological polar surface area (TPSA) is 95.1 Å². The summed E-state index contributed by atoms with van der Waals surface area (Å²) >= 11 is 3.23. The Kier molecular flexibility index (Phi) is 8.18. The zero-order valence-electron chi connectivity index (χ0n) is 19.3. The van der Waals surface area contributed by atoms with Crippen LogP contribution in [-0.2, 0) is 17.4 Å². The minimum atomic E-state index is -4.94. The quantitative estimate of drug-likeness (QED) is 0.236. The number of halogens is 5. The largest absolute Gasteiger partial charge is 0.419 e. The van der Waals surface area contributed by atoms with E-state index in [0.717, 1.165) is 6.07 Å². The molecule has 0 spiro atoms. The van der Waals surface area contributed by atoms with Crippen molar-refractivity contribution < 1.29 is 37.6 Å². The Balaban J connectivity index is 2.00. The van der Waals surface area contributed by atoms with Crippen LogP contribution < -0.4 is 5.56 Å². The van der Waals surface area contributed by atoms with Gasteiger partial charge in [-0.15, -0.1) is 0 Å². The van der Waals surface area contributed by atoms with E-state index in [1.807, 2.05) is 0 Å². The molecule has 1 unspecified atom stereocenters. The Labute approximate surface area is 211 Å². The average molecular weight is 576 g/mol. The Morgan fingerprint density at radius 3 is 2.58 bits per heavy atom.